The van der Waals surface area contributed by atoms with Gasteiger partial charge in [0.25, 0.3) is 5.91 Å². The first kappa shape index (κ1) is 10.7. The summed E-state index contributed by atoms with van der Waals surface area (Å²) >= 11 is 3.17. The van der Waals surface area contributed by atoms with E-state index in [1.807, 2.05) is 0 Å². The average molecular weight is 273 g/mol. The van der Waals surface area contributed by atoms with Gasteiger partial charge in [0, 0.05) is 12.6 Å². The summed E-state index contributed by atoms with van der Waals surface area (Å²) in [5.74, 6) is 0.220. The first-order valence-corrected chi connectivity index (χ1v) is 5.69. The molecule has 1 aromatic heterocycles. The number of halogens is 1. The van der Waals surface area contributed by atoms with Crippen LogP contribution in [0.15, 0.2) is 21.2 Å². The van der Waals surface area contributed by atoms with Crippen molar-refractivity contribution in [1.29, 1.82) is 0 Å². The fourth-order valence-electron chi connectivity index (χ4n) is 1.75. The van der Waals surface area contributed by atoms with E-state index < -0.39 is 0 Å². The second-order valence-electron chi connectivity index (χ2n) is 3.83. The third-order valence-corrected chi connectivity index (χ3v) is 2.95. The minimum absolute atomic E-state index is 0.138. The zero-order valence-corrected chi connectivity index (χ0v) is 10.1. The third kappa shape index (κ3) is 2.60. The van der Waals surface area contributed by atoms with E-state index in [1.165, 1.54) is 0 Å². The third-order valence-electron chi connectivity index (χ3n) is 2.52. The van der Waals surface area contributed by atoms with E-state index in [9.17, 15) is 4.79 Å². The van der Waals surface area contributed by atoms with Crippen molar-refractivity contribution >= 4 is 21.8 Å². The van der Waals surface area contributed by atoms with E-state index in [0.29, 0.717) is 10.4 Å². The quantitative estimate of drug-likeness (QED) is 0.887. The van der Waals surface area contributed by atoms with Crippen LogP contribution in [0.1, 0.15) is 17.0 Å². The zero-order chi connectivity index (χ0) is 10.8. The summed E-state index contributed by atoms with van der Waals surface area (Å²) in [5.41, 5.74) is 0. The highest BCUT2D eigenvalue weighted by Crippen LogP contribution is 2.14. The van der Waals surface area contributed by atoms with Crippen molar-refractivity contribution in [2.75, 3.05) is 20.1 Å². The fraction of sp³-hybridized carbons (Fsp3) is 0.500. The van der Waals surface area contributed by atoms with E-state index >= 15 is 0 Å². The average Bonchev–Trinajstić information content (AvgIpc) is 2.75. The van der Waals surface area contributed by atoms with Gasteiger partial charge in [-0.15, -0.1) is 0 Å². The van der Waals surface area contributed by atoms with Crippen molar-refractivity contribution in [2.45, 2.75) is 12.5 Å². The Morgan fingerprint density at radius 1 is 1.67 bits per heavy atom. The highest BCUT2D eigenvalue weighted by molar-refractivity contribution is 9.10. The van der Waals surface area contributed by atoms with Gasteiger partial charge in [0.1, 0.15) is 0 Å². The normalized spacial score (nSPS) is 21.9. The van der Waals surface area contributed by atoms with Crippen LogP contribution in [0.4, 0.5) is 0 Å². The lowest BCUT2D eigenvalue weighted by molar-refractivity contribution is 0.0909. The molecule has 0 spiro atoms. The fourth-order valence-corrected chi connectivity index (χ4v) is 2.05. The monoisotopic (exact) mass is 272 g/mol. The minimum Gasteiger partial charge on any atom is -0.444 e. The van der Waals surface area contributed by atoms with Gasteiger partial charge in [0.15, 0.2) is 10.4 Å². The molecule has 0 bridgehead atoms. The Labute approximate surface area is 96.7 Å². The van der Waals surface area contributed by atoms with Crippen LogP contribution in [-0.4, -0.2) is 37.0 Å². The molecular formula is C10H13BrN2O2. The lowest BCUT2D eigenvalue weighted by atomic mass is 10.2. The summed E-state index contributed by atoms with van der Waals surface area (Å²) < 4.78 is 5.75. The number of nitrogens with zero attached hydrogens (tertiary/aromatic N) is 1. The maximum atomic E-state index is 11.7. The lowest BCUT2D eigenvalue weighted by Gasteiger charge is -2.11. The molecular weight excluding hydrogens is 260 g/mol. The maximum Gasteiger partial charge on any atom is 0.287 e. The van der Waals surface area contributed by atoms with E-state index in [0.717, 1.165) is 19.5 Å². The van der Waals surface area contributed by atoms with Gasteiger partial charge in [-0.3, -0.25) is 4.79 Å². The molecule has 82 valence electrons. The second-order valence-corrected chi connectivity index (χ2v) is 4.61. The molecule has 1 aliphatic rings. The molecule has 1 aliphatic heterocycles. The summed E-state index contributed by atoms with van der Waals surface area (Å²) in [5, 5.41) is 2.94. The summed E-state index contributed by atoms with van der Waals surface area (Å²) in [7, 11) is 2.05. The van der Waals surface area contributed by atoms with Crippen LogP contribution >= 0.6 is 15.9 Å². The highest BCUT2D eigenvalue weighted by atomic mass is 79.9. The van der Waals surface area contributed by atoms with Crippen molar-refractivity contribution in [2.24, 2.45) is 0 Å². The van der Waals surface area contributed by atoms with Gasteiger partial charge in [0.2, 0.25) is 0 Å². The molecule has 1 saturated heterocycles. The minimum atomic E-state index is -0.138. The standard InChI is InChI=1S/C10H13BrN2O2/c1-13-5-4-7(6-13)12-10(14)8-2-3-9(11)15-8/h2-3,7H,4-6H2,1H3,(H,12,14). The molecule has 15 heavy (non-hydrogen) atoms. The number of likely N-dealkylation sites (N-methyl/N-ethyl adjacent to an activating group) is 1. The van der Waals surface area contributed by atoms with Gasteiger partial charge in [-0.25, -0.2) is 0 Å². The summed E-state index contributed by atoms with van der Waals surface area (Å²) in [4.78, 5) is 13.9. The molecule has 1 amide bonds. The Balaban J connectivity index is 1.92. The van der Waals surface area contributed by atoms with Gasteiger partial charge in [-0.2, -0.15) is 0 Å². The van der Waals surface area contributed by atoms with Gasteiger partial charge in [0.05, 0.1) is 0 Å². The lowest BCUT2D eigenvalue weighted by Crippen LogP contribution is -2.36. The summed E-state index contributed by atoms with van der Waals surface area (Å²) in [6.07, 6.45) is 1.00. The van der Waals surface area contributed by atoms with E-state index in [4.69, 9.17) is 4.42 Å². The van der Waals surface area contributed by atoms with Crippen LogP contribution in [0.25, 0.3) is 0 Å². The Kier molecular flexibility index (Phi) is 3.11. The highest BCUT2D eigenvalue weighted by Gasteiger charge is 2.22. The van der Waals surface area contributed by atoms with Crippen LogP contribution < -0.4 is 5.32 Å². The van der Waals surface area contributed by atoms with E-state index in [1.54, 1.807) is 12.1 Å². The summed E-state index contributed by atoms with van der Waals surface area (Å²) in [6.45, 7) is 1.94. The van der Waals surface area contributed by atoms with E-state index in [-0.39, 0.29) is 11.9 Å². The van der Waals surface area contributed by atoms with Crippen LogP contribution in [0.3, 0.4) is 0 Å². The second kappa shape index (κ2) is 4.37. The number of amides is 1. The Hall–Kier alpha value is -0.810. The predicted molar refractivity (Wildman–Crippen MR) is 59.8 cm³/mol. The van der Waals surface area contributed by atoms with Crippen LogP contribution in [-0.2, 0) is 0 Å². The Morgan fingerprint density at radius 2 is 2.47 bits per heavy atom. The number of furan rings is 1. The number of carbonyl (C=O) groups excluding carboxylic acids is 1. The Morgan fingerprint density at radius 3 is 3.00 bits per heavy atom. The smallest absolute Gasteiger partial charge is 0.287 e. The topological polar surface area (TPSA) is 45.5 Å². The van der Waals surface area contributed by atoms with Gasteiger partial charge in [-0.05, 0) is 48.1 Å². The molecule has 0 aromatic carbocycles. The number of rotatable bonds is 2. The first-order valence-electron chi connectivity index (χ1n) is 4.90. The molecule has 1 aromatic rings. The predicted octanol–water partition coefficient (Wildman–Crippen LogP) is 1.48. The molecule has 5 heteroatoms. The molecule has 0 saturated carbocycles. The van der Waals surface area contributed by atoms with Crippen LogP contribution in [0.2, 0.25) is 0 Å². The number of likely N-dealkylation sites (tertiary alicyclic amines) is 1. The van der Waals surface area contributed by atoms with Crippen molar-refractivity contribution < 1.29 is 9.21 Å². The summed E-state index contributed by atoms with van der Waals surface area (Å²) in [6, 6.07) is 3.62. The molecule has 0 radical (unpaired) electrons. The van der Waals surface area contributed by atoms with Crippen molar-refractivity contribution in [3.63, 3.8) is 0 Å². The van der Waals surface area contributed by atoms with Gasteiger partial charge in [-0.1, -0.05) is 0 Å². The van der Waals surface area contributed by atoms with Crippen molar-refractivity contribution in [1.82, 2.24) is 10.2 Å². The number of hydrogen-bond donors (Lipinski definition) is 1. The molecule has 4 nitrogen and oxygen atoms in total. The zero-order valence-electron chi connectivity index (χ0n) is 8.50. The molecule has 2 rings (SSSR count). The number of nitrogens with one attached hydrogen (secondary N) is 1. The van der Waals surface area contributed by atoms with Gasteiger partial charge >= 0.3 is 0 Å². The molecule has 1 fully saturated rings. The van der Waals surface area contributed by atoms with E-state index in [2.05, 4.69) is 33.2 Å². The Bertz CT molecular complexity index is 364. The molecule has 1 atom stereocenters. The molecule has 1 N–H and O–H groups in total. The maximum absolute atomic E-state index is 11.7. The molecule has 2 heterocycles. The van der Waals surface area contributed by atoms with Crippen molar-refractivity contribution in [3.8, 4) is 0 Å². The van der Waals surface area contributed by atoms with Crippen LogP contribution in [0, 0.1) is 0 Å². The van der Waals surface area contributed by atoms with Crippen molar-refractivity contribution in [3.05, 3.63) is 22.6 Å². The van der Waals surface area contributed by atoms with Gasteiger partial charge < -0.3 is 14.6 Å². The number of carbonyl (C=O) groups is 1. The largest absolute Gasteiger partial charge is 0.444 e. The molecule has 0 aliphatic carbocycles. The number of hydrogen-bond acceptors (Lipinski definition) is 3. The van der Waals surface area contributed by atoms with Crippen LogP contribution in [0.5, 0.6) is 0 Å². The first-order chi connectivity index (χ1) is 7.15. The SMILES string of the molecule is CN1CCC(NC(=O)c2ccc(Br)o2)C1. The molecule has 1 unspecified atom stereocenters.